The van der Waals surface area contributed by atoms with Gasteiger partial charge in [0.15, 0.2) is 0 Å². The van der Waals surface area contributed by atoms with E-state index in [9.17, 15) is 19.7 Å². The summed E-state index contributed by atoms with van der Waals surface area (Å²) in [6.45, 7) is 0.0816. The van der Waals surface area contributed by atoms with E-state index in [1.807, 2.05) is 0 Å². The van der Waals surface area contributed by atoms with Crippen LogP contribution in [0.25, 0.3) is 0 Å². The molecule has 1 rings (SSSR count). The molecule has 0 aromatic heterocycles. The van der Waals surface area contributed by atoms with Gasteiger partial charge in [-0.05, 0) is 0 Å². The lowest BCUT2D eigenvalue weighted by Crippen LogP contribution is -2.29. The van der Waals surface area contributed by atoms with Crippen molar-refractivity contribution in [3.63, 3.8) is 0 Å². The van der Waals surface area contributed by atoms with Crippen molar-refractivity contribution in [1.82, 2.24) is 10.6 Å². The number of hydrogen-bond donors (Lipinski definition) is 3. The third kappa shape index (κ3) is 3.82. The van der Waals surface area contributed by atoms with Gasteiger partial charge in [0, 0.05) is 32.1 Å². The molecule has 0 spiro atoms. The lowest BCUT2D eigenvalue weighted by molar-refractivity contribution is -0.384. The van der Waals surface area contributed by atoms with Crippen LogP contribution >= 0.6 is 11.6 Å². The van der Waals surface area contributed by atoms with Gasteiger partial charge in [0.2, 0.25) is 5.91 Å². The number of nitrogens with two attached hydrogens (primary N) is 1. The number of benzene rings is 1. The van der Waals surface area contributed by atoms with Gasteiger partial charge < -0.3 is 16.4 Å². The maximum absolute atomic E-state index is 11.9. The van der Waals surface area contributed by atoms with E-state index < -0.39 is 10.8 Å². The summed E-state index contributed by atoms with van der Waals surface area (Å²) in [5.74, 6) is -0.868. The van der Waals surface area contributed by atoms with Gasteiger partial charge in [-0.25, -0.2) is 0 Å². The van der Waals surface area contributed by atoms with Crippen LogP contribution in [0.1, 0.15) is 16.8 Å². The molecule has 1 aromatic carbocycles. The Kier molecular flexibility index (Phi) is 5.27. The zero-order chi connectivity index (χ0) is 15.3. The number of anilines is 1. The van der Waals surface area contributed by atoms with Gasteiger partial charge in [0.25, 0.3) is 11.6 Å². The minimum absolute atomic E-state index is 0.0466. The number of rotatable bonds is 5. The minimum Gasteiger partial charge on any atom is -0.397 e. The van der Waals surface area contributed by atoms with Crippen molar-refractivity contribution in [2.75, 3.05) is 19.3 Å². The third-order valence-corrected chi connectivity index (χ3v) is 2.80. The number of nitrogens with zero attached hydrogens (tertiary/aromatic N) is 1. The maximum Gasteiger partial charge on any atom is 0.271 e. The molecule has 0 saturated heterocycles. The number of nitrogen functional groups attached to an aromatic ring is 1. The number of nitro benzene ring substituents is 1. The molecule has 0 bridgehead atoms. The number of carbonyl (C=O) groups excluding carboxylic acids is 2. The van der Waals surface area contributed by atoms with Crippen LogP contribution in [0.5, 0.6) is 0 Å². The molecule has 4 N–H and O–H groups in total. The van der Waals surface area contributed by atoms with Crippen molar-refractivity contribution >= 4 is 34.8 Å². The van der Waals surface area contributed by atoms with Gasteiger partial charge in [-0.2, -0.15) is 0 Å². The summed E-state index contributed by atoms with van der Waals surface area (Å²) in [4.78, 5) is 32.9. The van der Waals surface area contributed by atoms with E-state index in [-0.39, 0.29) is 40.8 Å². The highest BCUT2D eigenvalue weighted by Gasteiger charge is 2.18. The van der Waals surface area contributed by atoms with Crippen LogP contribution in [0.3, 0.4) is 0 Å². The van der Waals surface area contributed by atoms with Crippen LogP contribution < -0.4 is 16.4 Å². The van der Waals surface area contributed by atoms with Gasteiger partial charge >= 0.3 is 0 Å². The number of halogens is 1. The Morgan fingerprint density at radius 1 is 1.45 bits per heavy atom. The highest BCUT2D eigenvalue weighted by Crippen LogP contribution is 2.28. The first-order valence-electron chi connectivity index (χ1n) is 5.59. The van der Waals surface area contributed by atoms with Gasteiger partial charge in [0.1, 0.15) is 0 Å². The normalized spacial score (nSPS) is 9.90. The molecule has 0 saturated carbocycles. The zero-order valence-corrected chi connectivity index (χ0v) is 11.4. The van der Waals surface area contributed by atoms with E-state index in [2.05, 4.69) is 10.6 Å². The molecular weight excluding hydrogens is 288 g/mol. The second-order valence-corrected chi connectivity index (χ2v) is 4.23. The fraction of sp³-hybridized carbons (Fsp3) is 0.273. The molecule has 1 aromatic rings. The quantitative estimate of drug-likeness (QED) is 0.419. The van der Waals surface area contributed by atoms with Crippen molar-refractivity contribution in [1.29, 1.82) is 0 Å². The topological polar surface area (TPSA) is 127 Å². The fourth-order valence-electron chi connectivity index (χ4n) is 1.41. The van der Waals surface area contributed by atoms with Crippen LogP contribution in [0, 0.1) is 10.1 Å². The lowest BCUT2D eigenvalue weighted by Gasteiger charge is -2.08. The van der Waals surface area contributed by atoms with Gasteiger partial charge in [-0.3, -0.25) is 19.7 Å². The largest absolute Gasteiger partial charge is 0.397 e. The van der Waals surface area contributed by atoms with Gasteiger partial charge in [-0.1, -0.05) is 11.6 Å². The van der Waals surface area contributed by atoms with Crippen molar-refractivity contribution in [3.8, 4) is 0 Å². The molecule has 0 aliphatic heterocycles. The Labute approximate surface area is 119 Å². The summed E-state index contributed by atoms with van der Waals surface area (Å²) in [5, 5.41) is 15.5. The summed E-state index contributed by atoms with van der Waals surface area (Å²) in [5.41, 5.74) is 5.14. The molecule has 20 heavy (non-hydrogen) atoms. The van der Waals surface area contributed by atoms with Crippen LogP contribution in [-0.2, 0) is 4.79 Å². The second kappa shape index (κ2) is 6.71. The van der Waals surface area contributed by atoms with E-state index >= 15 is 0 Å². The number of nitro groups is 1. The van der Waals surface area contributed by atoms with Crippen LogP contribution in [-0.4, -0.2) is 30.3 Å². The minimum atomic E-state index is -0.674. The van der Waals surface area contributed by atoms with Crippen LogP contribution in [0.2, 0.25) is 5.02 Å². The molecule has 0 aliphatic carbocycles. The summed E-state index contributed by atoms with van der Waals surface area (Å²) >= 11 is 5.74. The molecule has 0 heterocycles. The highest BCUT2D eigenvalue weighted by molar-refractivity contribution is 6.34. The molecule has 0 unspecified atom stereocenters. The predicted octanol–water partition coefficient (Wildman–Crippen LogP) is 0.696. The number of hydrogen-bond acceptors (Lipinski definition) is 5. The van der Waals surface area contributed by atoms with Gasteiger partial charge in [0.05, 0.1) is 21.2 Å². The number of amides is 2. The first-order valence-corrected chi connectivity index (χ1v) is 5.96. The molecule has 0 fully saturated rings. The number of non-ortho nitro benzene ring substituents is 1. The monoisotopic (exact) mass is 300 g/mol. The van der Waals surface area contributed by atoms with Gasteiger partial charge in [-0.15, -0.1) is 0 Å². The van der Waals surface area contributed by atoms with E-state index in [0.717, 1.165) is 12.1 Å². The van der Waals surface area contributed by atoms with Crippen LogP contribution in [0.15, 0.2) is 12.1 Å². The van der Waals surface area contributed by atoms with E-state index in [1.54, 1.807) is 0 Å². The zero-order valence-electron chi connectivity index (χ0n) is 10.6. The smallest absolute Gasteiger partial charge is 0.271 e. The molecular formula is C11H13ClN4O4. The van der Waals surface area contributed by atoms with E-state index in [4.69, 9.17) is 17.3 Å². The van der Waals surface area contributed by atoms with Crippen molar-refractivity contribution in [3.05, 3.63) is 32.8 Å². The highest BCUT2D eigenvalue weighted by atomic mass is 35.5. The molecule has 9 heteroatoms. The van der Waals surface area contributed by atoms with Crippen molar-refractivity contribution < 1.29 is 14.5 Å². The summed E-state index contributed by atoms with van der Waals surface area (Å²) in [6, 6.07) is 2.11. The Hall–Kier alpha value is -2.35. The molecule has 0 atom stereocenters. The SMILES string of the molecule is CNC(=O)CCNC(=O)c1cc([N+](=O)[O-])cc(Cl)c1N. The molecule has 108 valence electrons. The average molecular weight is 301 g/mol. The third-order valence-electron chi connectivity index (χ3n) is 2.49. The Bertz CT molecular complexity index is 562. The summed E-state index contributed by atoms with van der Waals surface area (Å²) < 4.78 is 0. The standard InChI is InChI=1S/C11H13ClN4O4/c1-14-9(17)2-3-15-11(18)7-4-6(16(19)20)5-8(12)10(7)13/h4-5H,2-3,13H2,1H3,(H,14,17)(H,15,18). The van der Waals surface area contributed by atoms with Crippen molar-refractivity contribution in [2.45, 2.75) is 6.42 Å². The maximum atomic E-state index is 11.9. The fourth-order valence-corrected chi connectivity index (χ4v) is 1.62. The van der Waals surface area contributed by atoms with E-state index in [0.29, 0.717) is 0 Å². The van der Waals surface area contributed by atoms with E-state index in [1.165, 1.54) is 7.05 Å². The van der Waals surface area contributed by atoms with Crippen molar-refractivity contribution in [2.24, 2.45) is 0 Å². The lowest BCUT2D eigenvalue weighted by atomic mass is 10.1. The average Bonchev–Trinajstić information content (AvgIpc) is 2.40. The summed E-state index contributed by atoms with van der Waals surface area (Å²) in [7, 11) is 1.47. The molecule has 8 nitrogen and oxygen atoms in total. The molecule has 2 amide bonds. The number of nitrogens with one attached hydrogen (secondary N) is 2. The first-order chi connectivity index (χ1) is 9.36. The molecule has 0 radical (unpaired) electrons. The predicted molar refractivity (Wildman–Crippen MR) is 73.5 cm³/mol. The Balaban J connectivity index is 2.87. The first kappa shape index (κ1) is 15.7. The van der Waals surface area contributed by atoms with Crippen LogP contribution in [0.4, 0.5) is 11.4 Å². The Morgan fingerprint density at radius 2 is 2.10 bits per heavy atom. The summed E-state index contributed by atoms with van der Waals surface area (Å²) in [6.07, 6.45) is 0.0881. The number of carbonyl (C=O) groups is 2. The second-order valence-electron chi connectivity index (χ2n) is 3.83. The Morgan fingerprint density at radius 3 is 2.65 bits per heavy atom. The molecule has 0 aliphatic rings.